The van der Waals surface area contributed by atoms with Gasteiger partial charge in [0.1, 0.15) is 0 Å². The summed E-state index contributed by atoms with van der Waals surface area (Å²) >= 11 is 0. The topological polar surface area (TPSA) is 67.7 Å². The summed E-state index contributed by atoms with van der Waals surface area (Å²) in [4.78, 5) is 34.2. The molecule has 2 aromatic rings. The second kappa shape index (κ2) is 7.29. The maximum Gasteiger partial charge on any atom is 0.261 e. The molecule has 0 spiro atoms. The summed E-state index contributed by atoms with van der Waals surface area (Å²) in [6.07, 6.45) is 4.49. The maximum atomic E-state index is 12.8. The van der Waals surface area contributed by atoms with E-state index in [0.717, 1.165) is 32.2 Å². The van der Waals surface area contributed by atoms with Crippen molar-refractivity contribution in [2.45, 2.75) is 37.9 Å². The van der Waals surface area contributed by atoms with Crippen molar-refractivity contribution in [3.63, 3.8) is 0 Å². The lowest BCUT2D eigenvalue weighted by Crippen LogP contribution is -2.63. The molecule has 5 rings (SSSR count). The standard InChI is InChI=1S/C21H26N4O3/c26-20(7-8-24-14-22-18-4-2-1-3-17(18)21(24)27)23-9-10-25-16(11-23)12-28-13-19(25)15-5-6-15/h1-4,14-16,19H,5-13H2/t16-,19-/m1/s1. The first-order chi connectivity index (χ1) is 13.7. The Morgan fingerprint density at radius 2 is 2.04 bits per heavy atom. The van der Waals surface area contributed by atoms with Crippen molar-refractivity contribution in [3.8, 4) is 0 Å². The molecular weight excluding hydrogens is 356 g/mol. The minimum absolute atomic E-state index is 0.0869. The number of hydrogen-bond acceptors (Lipinski definition) is 5. The van der Waals surface area contributed by atoms with Crippen LogP contribution in [0.5, 0.6) is 0 Å². The van der Waals surface area contributed by atoms with Crippen molar-refractivity contribution >= 4 is 16.8 Å². The van der Waals surface area contributed by atoms with Gasteiger partial charge < -0.3 is 9.64 Å². The molecule has 7 heteroatoms. The van der Waals surface area contributed by atoms with Crippen LogP contribution >= 0.6 is 0 Å². The third-order valence-corrected chi connectivity index (χ3v) is 6.37. The van der Waals surface area contributed by atoms with E-state index >= 15 is 0 Å². The monoisotopic (exact) mass is 382 g/mol. The van der Waals surface area contributed by atoms with Crippen LogP contribution in [-0.4, -0.2) is 70.2 Å². The van der Waals surface area contributed by atoms with Crippen molar-refractivity contribution in [2.75, 3.05) is 32.8 Å². The summed E-state index contributed by atoms with van der Waals surface area (Å²) < 4.78 is 7.38. The molecule has 0 N–H and O–H groups in total. The minimum atomic E-state index is -0.0869. The number of aromatic nitrogens is 2. The number of aryl methyl sites for hydroxylation is 1. The molecule has 2 saturated heterocycles. The van der Waals surface area contributed by atoms with Crippen LogP contribution < -0.4 is 5.56 Å². The van der Waals surface area contributed by atoms with Gasteiger partial charge in [-0.05, 0) is 30.9 Å². The fraction of sp³-hybridized carbons (Fsp3) is 0.571. The predicted molar refractivity (Wildman–Crippen MR) is 105 cm³/mol. The lowest BCUT2D eigenvalue weighted by molar-refractivity contribution is -0.140. The lowest BCUT2D eigenvalue weighted by atomic mass is 10.0. The number of carbonyl (C=O) groups is 1. The molecule has 1 aromatic carbocycles. The van der Waals surface area contributed by atoms with E-state index in [-0.39, 0.29) is 11.5 Å². The number of nitrogens with zero attached hydrogens (tertiary/aromatic N) is 4. The molecule has 1 aromatic heterocycles. The molecule has 1 aliphatic carbocycles. The Kier molecular flexibility index (Phi) is 4.64. The van der Waals surface area contributed by atoms with E-state index in [2.05, 4.69) is 9.88 Å². The van der Waals surface area contributed by atoms with Gasteiger partial charge in [0.25, 0.3) is 5.56 Å². The first-order valence-corrected chi connectivity index (χ1v) is 10.3. The highest BCUT2D eigenvalue weighted by molar-refractivity contribution is 5.77. The molecule has 3 heterocycles. The fourth-order valence-electron chi connectivity index (χ4n) is 4.63. The normalized spacial score (nSPS) is 25.6. The Labute approximate surface area is 163 Å². The van der Waals surface area contributed by atoms with Crippen molar-refractivity contribution in [3.05, 3.63) is 40.9 Å². The number of carbonyl (C=O) groups excluding carboxylic acids is 1. The summed E-state index contributed by atoms with van der Waals surface area (Å²) in [6.45, 7) is 4.34. The van der Waals surface area contributed by atoms with E-state index in [1.807, 2.05) is 23.1 Å². The van der Waals surface area contributed by atoms with Gasteiger partial charge in [-0.2, -0.15) is 0 Å². The summed E-state index contributed by atoms with van der Waals surface area (Å²) in [6, 6.07) is 8.15. The number of ether oxygens (including phenoxy) is 1. The molecule has 0 radical (unpaired) electrons. The molecule has 0 bridgehead atoms. The van der Waals surface area contributed by atoms with Crippen LogP contribution in [0.4, 0.5) is 0 Å². The molecule has 3 aliphatic rings. The molecule has 1 amide bonds. The smallest absolute Gasteiger partial charge is 0.261 e. The average Bonchev–Trinajstić information content (AvgIpc) is 3.58. The summed E-state index contributed by atoms with van der Waals surface area (Å²) in [5.74, 6) is 0.894. The third kappa shape index (κ3) is 3.33. The first kappa shape index (κ1) is 17.8. The molecule has 148 valence electrons. The zero-order valence-electron chi connectivity index (χ0n) is 16.0. The number of hydrogen-bond donors (Lipinski definition) is 0. The number of amides is 1. The second-order valence-corrected chi connectivity index (χ2v) is 8.18. The predicted octanol–water partition coefficient (Wildman–Crippen LogP) is 1.11. The van der Waals surface area contributed by atoms with Crippen molar-refractivity contribution in [2.24, 2.45) is 5.92 Å². The zero-order chi connectivity index (χ0) is 19.1. The molecule has 0 unspecified atom stereocenters. The molecule has 3 fully saturated rings. The van der Waals surface area contributed by atoms with Crippen LogP contribution in [-0.2, 0) is 16.1 Å². The maximum absolute atomic E-state index is 12.8. The molecule has 2 aliphatic heterocycles. The van der Waals surface area contributed by atoms with Gasteiger partial charge >= 0.3 is 0 Å². The average molecular weight is 382 g/mol. The summed E-state index contributed by atoms with van der Waals surface area (Å²) in [5.41, 5.74) is 0.602. The molecule has 7 nitrogen and oxygen atoms in total. The van der Waals surface area contributed by atoms with E-state index in [4.69, 9.17) is 4.74 Å². The first-order valence-electron chi connectivity index (χ1n) is 10.3. The van der Waals surface area contributed by atoms with Gasteiger partial charge in [0.05, 0.1) is 36.5 Å². The Balaban J connectivity index is 1.22. The van der Waals surface area contributed by atoms with E-state index in [1.54, 1.807) is 17.0 Å². The van der Waals surface area contributed by atoms with E-state index < -0.39 is 0 Å². The minimum Gasteiger partial charge on any atom is -0.378 e. The molecule has 2 atom stereocenters. The molecule has 28 heavy (non-hydrogen) atoms. The van der Waals surface area contributed by atoms with E-state index in [9.17, 15) is 9.59 Å². The van der Waals surface area contributed by atoms with Gasteiger partial charge in [-0.1, -0.05) is 12.1 Å². The van der Waals surface area contributed by atoms with Crippen molar-refractivity contribution < 1.29 is 9.53 Å². The summed E-state index contributed by atoms with van der Waals surface area (Å²) in [5, 5.41) is 0.594. The van der Waals surface area contributed by atoms with Crippen LogP contribution in [0.25, 0.3) is 10.9 Å². The van der Waals surface area contributed by atoms with Gasteiger partial charge in [-0.25, -0.2) is 4.98 Å². The Hall–Kier alpha value is -2.25. The van der Waals surface area contributed by atoms with Crippen molar-refractivity contribution in [1.29, 1.82) is 0 Å². The Morgan fingerprint density at radius 1 is 1.18 bits per heavy atom. The van der Waals surface area contributed by atoms with Crippen LogP contribution in [0.3, 0.4) is 0 Å². The SMILES string of the molecule is O=C(CCn1cnc2ccccc2c1=O)N1CCN2[C@@H](COC[C@@H]2C2CC2)C1. The highest BCUT2D eigenvalue weighted by atomic mass is 16.5. The Morgan fingerprint density at radius 3 is 2.89 bits per heavy atom. The number of rotatable bonds is 4. The largest absolute Gasteiger partial charge is 0.378 e. The van der Waals surface area contributed by atoms with Gasteiger partial charge in [-0.15, -0.1) is 0 Å². The fourth-order valence-corrected chi connectivity index (χ4v) is 4.63. The van der Waals surface area contributed by atoms with Gasteiger partial charge in [-0.3, -0.25) is 19.1 Å². The number of piperazine rings is 1. The van der Waals surface area contributed by atoms with Crippen LogP contribution in [0.1, 0.15) is 19.3 Å². The highest BCUT2D eigenvalue weighted by Crippen LogP contribution is 2.38. The third-order valence-electron chi connectivity index (χ3n) is 6.37. The zero-order valence-corrected chi connectivity index (χ0v) is 16.0. The second-order valence-electron chi connectivity index (χ2n) is 8.18. The molecular formula is C21H26N4O3. The Bertz CT molecular complexity index is 939. The van der Waals surface area contributed by atoms with Gasteiger partial charge in [0.2, 0.25) is 5.91 Å². The summed E-state index contributed by atoms with van der Waals surface area (Å²) in [7, 11) is 0. The van der Waals surface area contributed by atoms with Crippen molar-refractivity contribution in [1.82, 2.24) is 19.4 Å². The van der Waals surface area contributed by atoms with Gasteiger partial charge in [0.15, 0.2) is 0 Å². The quantitative estimate of drug-likeness (QED) is 0.792. The van der Waals surface area contributed by atoms with Gasteiger partial charge in [0, 0.05) is 38.6 Å². The number of benzene rings is 1. The lowest BCUT2D eigenvalue weighted by Gasteiger charge is -2.48. The van der Waals surface area contributed by atoms with Crippen LogP contribution in [0.2, 0.25) is 0 Å². The van der Waals surface area contributed by atoms with Crippen LogP contribution in [0.15, 0.2) is 35.4 Å². The number of fused-ring (bicyclic) bond motifs is 2. The van der Waals surface area contributed by atoms with E-state index in [0.29, 0.717) is 42.6 Å². The van der Waals surface area contributed by atoms with Crippen LogP contribution in [0, 0.1) is 5.92 Å². The highest BCUT2D eigenvalue weighted by Gasteiger charge is 2.43. The molecule has 1 saturated carbocycles. The number of morpholine rings is 1. The van der Waals surface area contributed by atoms with E-state index in [1.165, 1.54) is 12.8 Å². The number of para-hydroxylation sites is 1.